The van der Waals surface area contributed by atoms with Crippen LogP contribution in [0, 0.1) is 23.2 Å². The van der Waals surface area contributed by atoms with Gasteiger partial charge < -0.3 is 9.47 Å². The Balaban J connectivity index is 1.67. The highest BCUT2D eigenvalue weighted by Crippen LogP contribution is 2.59. The molecular weight excluding hydrogens is 304 g/mol. The normalized spacial score (nSPS) is 39.9. The molecule has 3 rings (SSSR count). The molecule has 134 valence electrons. The zero-order valence-corrected chi connectivity index (χ0v) is 15.2. The second kappa shape index (κ2) is 6.89. The summed E-state index contributed by atoms with van der Waals surface area (Å²) >= 11 is 0. The predicted molar refractivity (Wildman–Crippen MR) is 91.2 cm³/mol. The molecule has 0 amide bonds. The Morgan fingerprint density at radius 2 is 2.04 bits per heavy atom. The molecule has 0 saturated heterocycles. The highest BCUT2D eigenvalue weighted by atomic mass is 16.5. The van der Waals surface area contributed by atoms with Crippen LogP contribution in [-0.4, -0.2) is 24.6 Å². The van der Waals surface area contributed by atoms with Crippen molar-refractivity contribution in [2.24, 2.45) is 23.2 Å². The molecule has 4 nitrogen and oxygen atoms in total. The van der Waals surface area contributed by atoms with Crippen LogP contribution in [0.1, 0.15) is 65.7 Å². The van der Waals surface area contributed by atoms with Crippen LogP contribution < -0.4 is 0 Å². The molecule has 5 atom stereocenters. The predicted octanol–water partition coefficient (Wildman–Crippen LogP) is 4.03. The van der Waals surface area contributed by atoms with Gasteiger partial charge in [-0.2, -0.15) is 0 Å². The van der Waals surface area contributed by atoms with Gasteiger partial charge in [-0.1, -0.05) is 12.5 Å². The number of hydrogen-bond donors (Lipinski definition) is 0. The van der Waals surface area contributed by atoms with Crippen molar-refractivity contribution >= 4 is 11.9 Å². The van der Waals surface area contributed by atoms with Crippen LogP contribution in [-0.2, 0) is 19.1 Å². The molecule has 0 aromatic heterocycles. The van der Waals surface area contributed by atoms with Gasteiger partial charge >= 0.3 is 11.9 Å². The van der Waals surface area contributed by atoms with E-state index in [4.69, 9.17) is 9.47 Å². The summed E-state index contributed by atoms with van der Waals surface area (Å²) in [6.07, 6.45) is 9.53. The summed E-state index contributed by atoms with van der Waals surface area (Å²) in [5.41, 5.74) is 1.41. The number of carbonyl (C=O) groups excluding carboxylic acids is 2. The number of fused-ring (bicyclic) bond motifs is 2. The molecule has 0 heterocycles. The SMILES string of the molecule is CCOC(=O)/C=C1\CC[C@@H]2C[C@@]3(C)[C@@H](CC[C@@H]3OC(C)=O)C[C@H]2C1. The fraction of sp³-hybridized carbons (Fsp3) is 0.800. The van der Waals surface area contributed by atoms with E-state index in [9.17, 15) is 9.59 Å². The van der Waals surface area contributed by atoms with Crippen molar-refractivity contribution in [3.05, 3.63) is 11.6 Å². The minimum absolute atomic E-state index is 0.0948. The smallest absolute Gasteiger partial charge is 0.330 e. The van der Waals surface area contributed by atoms with Crippen molar-refractivity contribution in [2.75, 3.05) is 6.61 Å². The Morgan fingerprint density at radius 1 is 1.25 bits per heavy atom. The van der Waals surface area contributed by atoms with Crippen LogP contribution in [0.25, 0.3) is 0 Å². The zero-order valence-electron chi connectivity index (χ0n) is 15.2. The Hall–Kier alpha value is -1.32. The van der Waals surface area contributed by atoms with Gasteiger partial charge in [-0.15, -0.1) is 0 Å². The third-order valence-electron chi connectivity index (χ3n) is 6.68. The second-order valence-corrected chi connectivity index (χ2v) is 8.14. The first-order chi connectivity index (χ1) is 11.4. The van der Waals surface area contributed by atoms with Gasteiger partial charge in [0, 0.05) is 18.4 Å². The van der Waals surface area contributed by atoms with Crippen LogP contribution in [0.3, 0.4) is 0 Å². The Kier molecular flexibility index (Phi) is 5.03. The highest BCUT2D eigenvalue weighted by Gasteiger charge is 2.54. The molecule has 3 aliphatic carbocycles. The van der Waals surface area contributed by atoms with E-state index in [2.05, 4.69) is 6.92 Å². The van der Waals surface area contributed by atoms with Crippen LogP contribution in [0.2, 0.25) is 0 Å². The standard InChI is InChI=1S/C20H30O4/c1-4-23-19(22)10-14-5-6-15-12-20(3)17(11-16(15)9-14)7-8-18(20)24-13(2)21/h10,15-18H,4-9,11-12H2,1-3H3/b14-10+/t15-,16-,17+,18+,20+/m1/s1. The molecule has 0 aromatic rings. The highest BCUT2D eigenvalue weighted by molar-refractivity contribution is 5.82. The molecular formula is C20H30O4. The van der Waals surface area contributed by atoms with Crippen molar-refractivity contribution in [3.63, 3.8) is 0 Å². The van der Waals surface area contributed by atoms with E-state index in [1.807, 2.05) is 6.92 Å². The molecule has 3 saturated carbocycles. The number of hydrogen-bond acceptors (Lipinski definition) is 4. The fourth-order valence-electron chi connectivity index (χ4n) is 5.52. The Bertz CT molecular complexity index is 538. The van der Waals surface area contributed by atoms with Gasteiger partial charge in [0.2, 0.25) is 0 Å². The number of ether oxygens (including phenoxy) is 2. The van der Waals surface area contributed by atoms with Crippen molar-refractivity contribution in [3.8, 4) is 0 Å². The maximum absolute atomic E-state index is 11.7. The molecule has 24 heavy (non-hydrogen) atoms. The first-order valence-electron chi connectivity index (χ1n) is 9.45. The van der Waals surface area contributed by atoms with Crippen molar-refractivity contribution in [2.45, 2.75) is 71.8 Å². The van der Waals surface area contributed by atoms with E-state index in [0.717, 1.165) is 38.5 Å². The molecule has 0 spiro atoms. The summed E-state index contributed by atoms with van der Waals surface area (Å²) in [6.45, 7) is 6.13. The van der Waals surface area contributed by atoms with Gasteiger partial charge in [-0.05, 0) is 69.6 Å². The quantitative estimate of drug-likeness (QED) is 0.577. The summed E-state index contributed by atoms with van der Waals surface area (Å²) in [7, 11) is 0. The van der Waals surface area contributed by atoms with Crippen LogP contribution in [0.5, 0.6) is 0 Å². The molecule has 3 fully saturated rings. The van der Waals surface area contributed by atoms with E-state index in [1.165, 1.54) is 18.9 Å². The van der Waals surface area contributed by atoms with E-state index in [1.54, 1.807) is 6.08 Å². The molecule has 0 aliphatic heterocycles. The molecule has 3 aliphatic rings. The average Bonchev–Trinajstić information content (AvgIpc) is 2.81. The topological polar surface area (TPSA) is 52.6 Å². The second-order valence-electron chi connectivity index (χ2n) is 8.14. The fourth-order valence-corrected chi connectivity index (χ4v) is 5.52. The third kappa shape index (κ3) is 3.38. The van der Waals surface area contributed by atoms with Crippen LogP contribution in [0.4, 0.5) is 0 Å². The first kappa shape index (κ1) is 17.5. The van der Waals surface area contributed by atoms with Gasteiger partial charge in [0.05, 0.1) is 6.61 Å². The molecule has 4 heteroatoms. The molecule has 0 radical (unpaired) electrons. The Labute approximate surface area is 145 Å². The van der Waals surface area contributed by atoms with Gasteiger partial charge in [0.15, 0.2) is 0 Å². The number of allylic oxidation sites excluding steroid dienone is 1. The number of carbonyl (C=O) groups is 2. The van der Waals surface area contributed by atoms with Crippen molar-refractivity contribution in [1.82, 2.24) is 0 Å². The first-order valence-corrected chi connectivity index (χ1v) is 9.45. The summed E-state index contributed by atoms with van der Waals surface area (Å²) in [5.74, 6) is 1.68. The lowest BCUT2D eigenvalue weighted by atomic mass is 9.57. The maximum atomic E-state index is 11.7. The van der Waals surface area contributed by atoms with Crippen LogP contribution >= 0.6 is 0 Å². The largest absolute Gasteiger partial charge is 0.463 e. The lowest BCUT2D eigenvalue weighted by Gasteiger charge is -2.49. The third-order valence-corrected chi connectivity index (χ3v) is 6.68. The van der Waals surface area contributed by atoms with E-state index in [0.29, 0.717) is 24.4 Å². The number of rotatable bonds is 3. The van der Waals surface area contributed by atoms with E-state index in [-0.39, 0.29) is 23.5 Å². The van der Waals surface area contributed by atoms with Gasteiger partial charge in [0.1, 0.15) is 6.10 Å². The minimum atomic E-state index is -0.192. The average molecular weight is 334 g/mol. The van der Waals surface area contributed by atoms with Crippen molar-refractivity contribution in [1.29, 1.82) is 0 Å². The molecule has 0 aromatic carbocycles. The van der Waals surface area contributed by atoms with Crippen LogP contribution in [0.15, 0.2) is 11.6 Å². The molecule has 0 bridgehead atoms. The van der Waals surface area contributed by atoms with Crippen molar-refractivity contribution < 1.29 is 19.1 Å². The lowest BCUT2D eigenvalue weighted by Crippen LogP contribution is -2.44. The summed E-state index contributed by atoms with van der Waals surface area (Å²) < 4.78 is 10.7. The van der Waals surface area contributed by atoms with Gasteiger partial charge in [-0.3, -0.25) is 4.79 Å². The zero-order chi connectivity index (χ0) is 17.3. The molecule has 0 unspecified atom stereocenters. The summed E-state index contributed by atoms with van der Waals surface area (Å²) in [5, 5.41) is 0. The summed E-state index contributed by atoms with van der Waals surface area (Å²) in [4.78, 5) is 23.1. The minimum Gasteiger partial charge on any atom is -0.463 e. The molecule has 0 N–H and O–H groups in total. The number of esters is 2. The monoisotopic (exact) mass is 334 g/mol. The van der Waals surface area contributed by atoms with Gasteiger partial charge in [0.25, 0.3) is 0 Å². The lowest BCUT2D eigenvalue weighted by molar-refractivity contribution is -0.155. The van der Waals surface area contributed by atoms with E-state index >= 15 is 0 Å². The summed E-state index contributed by atoms with van der Waals surface area (Å²) in [6, 6.07) is 0. The van der Waals surface area contributed by atoms with E-state index < -0.39 is 0 Å². The van der Waals surface area contributed by atoms with Gasteiger partial charge in [-0.25, -0.2) is 4.79 Å². The Morgan fingerprint density at radius 3 is 2.75 bits per heavy atom. The maximum Gasteiger partial charge on any atom is 0.330 e.